The first kappa shape index (κ1) is 13.0. The third kappa shape index (κ3) is 2.21. The Morgan fingerprint density at radius 3 is 2.50 bits per heavy atom. The number of hydrogen-bond donors (Lipinski definition) is 0. The van der Waals surface area contributed by atoms with E-state index in [9.17, 15) is 0 Å². The van der Waals surface area contributed by atoms with Crippen LogP contribution in [0.1, 0.15) is 19.5 Å². The summed E-state index contributed by atoms with van der Waals surface area (Å²) in [5.74, 6) is 0.861. The normalized spacial score (nSPS) is 9.88. The molecule has 0 saturated heterocycles. The van der Waals surface area contributed by atoms with Crippen LogP contribution in [0.3, 0.4) is 0 Å². The van der Waals surface area contributed by atoms with Crippen LogP contribution in [0, 0.1) is 6.92 Å². The van der Waals surface area contributed by atoms with Gasteiger partial charge in [-0.2, -0.15) is 5.10 Å². The molecule has 1 heterocycles. The third-order valence-corrected chi connectivity index (χ3v) is 2.73. The Labute approximate surface area is 105 Å². The van der Waals surface area contributed by atoms with Crippen molar-refractivity contribution in [1.29, 1.82) is 0 Å². The van der Waals surface area contributed by atoms with Gasteiger partial charge in [-0.15, -0.1) is 0 Å². The molecule has 0 spiro atoms. The number of aryl methyl sites for hydroxylation is 2. The summed E-state index contributed by atoms with van der Waals surface area (Å²) in [6.07, 6.45) is 0. The van der Waals surface area contributed by atoms with Gasteiger partial charge in [0, 0.05) is 11.5 Å². The van der Waals surface area contributed by atoms with Crippen LogP contribution in [0.2, 0.25) is 0 Å². The highest BCUT2D eigenvalue weighted by atomic mass is 79.9. The molecule has 1 aromatic carbocycles. The molecule has 0 aliphatic heterocycles. The van der Waals surface area contributed by atoms with Crippen molar-refractivity contribution in [3.05, 3.63) is 22.3 Å². The van der Waals surface area contributed by atoms with Crippen LogP contribution >= 0.6 is 15.9 Å². The molecule has 0 radical (unpaired) electrons. The maximum atomic E-state index is 5.32. The second-order valence-electron chi connectivity index (χ2n) is 3.21. The quantitative estimate of drug-likeness (QED) is 0.799. The maximum absolute atomic E-state index is 5.32. The summed E-state index contributed by atoms with van der Waals surface area (Å²) in [7, 11) is 3.61. The molecule has 0 saturated carbocycles. The average Bonchev–Trinajstić information content (AvgIpc) is 2.56. The zero-order valence-electron chi connectivity index (χ0n) is 10.3. The molecular formula is C12H17BrN2O. The first-order valence-electron chi connectivity index (χ1n) is 5.30. The second-order valence-corrected chi connectivity index (χ2v) is 4.13. The monoisotopic (exact) mass is 284 g/mol. The van der Waals surface area contributed by atoms with Crippen LogP contribution < -0.4 is 4.74 Å². The highest BCUT2D eigenvalue weighted by Crippen LogP contribution is 2.31. The Morgan fingerprint density at radius 2 is 1.94 bits per heavy atom. The van der Waals surface area contributed by atoms with Gasteiger partial charge in [-0.25, -0.2) is 0 Å². The van der Waals surface area contributed by atoms with Crippen molar-refractivity contribution in [2.45, 2.75) is 20.8 Å². The average molecular weight is 285 g/mol. The zero-order valence-corrected chi connectivity index (χ0v) is 11.9. The van der Waals surface area contributed by atoms with E-state index in [2.05, 4.69) is 21.0 Å². The van der Waals surface area contributed by atoms with Crippen molar-refractivity contribution < 1.29 is 4.74 Å². The Bertz CT molecular complexity index is 491. The number of benzene rings is 1. The summed E-state index contributed by atoms with van der Waals surface area (Å²) in [6, 6.07) is 3.99. The molecule has 0 aliphatic rings. The molecule has 2 rings (SSSR count). The minimum Gasteiger partial charge on any atom is -0.496 e. The first-order chi connectivity index (χ1) is 7.63. The number of fused-ring (bicyclic) bond motifs is 1. The molecule has 0 N–H and O–H groups in total. The molecule has 0 amide bonds. The van der Waals surface area contributed by atoms with E-state index in [1.807, 2.05) is 44.6 Å². The molecule has 0 unspecified atom stereocenters. The smallest absolute Gasteiger partial charge is 0.131 e. The number of ether oxygens (including phenoxy) is 1. The maximum Gasteiger partial charge on any atom is 0.131 e. The summed E-state index contributed by atoms with van der Waals surface area (Å²) in [5.41, 5.74) is 2.07. The number of hydrogen-bond acceptors (Lipinski definition) is 2. The molecule has 0 fully saturated rings. The number of aromatic nitrogens is 2. The lowest BCUT2D eigenvalue weighted by molar-refractivity contribution is 0.419. The van der Waals surface area contributed by atoms with Gasteiger partial charge in [-0.3, -0.25) is 4.68 Å². The fourth-order valence-corrected chi connectivity index (χ4v) is 2.10. The minimum absolute atomic E-state index is 0.861. The van der Waals surface area contributed by atoms with Crippen LogP contribution in [0.4, 0.5) is 0 Å². The Balaban J connectivity index is 0.000000606. The summed E-state index contributed by atoms with van der Waals surface area (Å²) in [5, 5.41) is 5.44. The van der Waals surface area contributed by atoms with Gasteiger partial charge in [0.15, 0.2) is 0 Å². The van der Waals surface area contributed by atoms with Gasteiger partial charge in [-0.1, -0.05) is 29.8 Å². The zero-order chi connectivity index (χ0) is 12.3. The Kier molecular flexibility index (Phi) is 4.35. The summed E-state index contributed by atoms with van der Waals surface area (Å²) in [6.45, 7) is 5.98. The van der Waals surface area contributed by atoms with E-state index < -0.39 is 0 Å². The number of methoxy groups -OCH3 is 1. The highest BCUT2D eigenvalue weighted by Gasteiger charge is 2.11. The van der Waals surface area contributed by atoms with E-state index in [0.29, 0.717) is 0 Å². The lowest BCUT2D eigenvalue weighted by atomic mass is 10.2. The second kappa shape index (κ2) is 5.34. The lowest BCUT2D eigenvalue weighted by Crippen LogP contribution is -1.89. The predicted octanol–water partition coefficient (Wildman–Crippen LogP) is 3.68. The van der Waals surface area contributed by atoms with Crippen LogP contribution in [0.25, 0.3) is 10.9 Å². The molecule has 4 heteroatoms. The van der Waals surface area contributed by atoms with Crippen molar-refractivity contribution in [2.24, 2.45) is 7.05 Å². The lowest BCUT2D eigenvalue weighted by Gasteiger charge is -2.03. The molecule has 0 atom stereocenters. The van der Waals surface area contributed by atoms with E-state index >= 15 is 0 Å². The number of rotatable bonds is 1. The fraction of sp³-hybridized carbons (Fsp3) is 0.417. The molecule has 16 heavy (non-hydrogen) atoms. The summed E-state index contributed by atoms with van der Waals surface area (Å²) in [4.78, 5) is 0. The number of halogens is 1. The van der Waals surface area contributed by atoms with E-state index in [-0.39, 0.29) is 0 Å². The largest absolute Gasteiger partial charge is 0.496 e. The fourth-order valence-electron chi connectivity index (χ4n) is 1.68. The van der Waals surface area contributed by atoms with Crippen molar-refractivity contribution >= 4 is 26.8 Å². The molecule has 88 valence electrons. The van der Waals surface area contributed by atoms with E-state index in [1.54, 1.807) is 7.11 Å². The van der Waals surface area contributed by atoms with Crippen molar-refractivity contribution in [1.82, 2.24) is 9.78 Å². The molecule has 3 nitrogen and oxygen atoms in total. The minimum atomic E-state index is 0.861. The standard InChI is InChI=1S/C10H11BrN2O.C2H6/c1-6-10-8(13(2)12-6)4-7(11)5-9(10)14-3;1-2/h4-5H,1-3H3;1-2H3. The predicted molar refractivity (Wildman–Crippen MR) is 71.1 cm³/mol. The van der Waals surface area contributed by atoms with E-state index in [0.717, 1.165) is 26.8 Å². The van der Waals surface area contributed by atoms with Crippen molar-refractivity contribution in [3.63, 3.8) is 0 Å². The van der Waals surface area contributed by atoms with Crippen LogP contribution in [0.5, 0.6) is 5.75 Å². The molecule has 0 bridgehead atoms. The van der Waals surface area contributed by atoms with Gasteiger partial charge in [0.25, 0.3) is 0 Å². The highest BCUT2D eigenvalue weighted by molar-refractivity contribution is 9.10. The van der Waals surface area contributed by atoms with Crippen LogP contribution in [-0.4, -0.2) is 16.9 Å². The van der Waals surface area contributed by atoms with Gasteiger partial charge in [0.2, 0.25) is 0 Å². The Hall–Kier alpha value is -1.03. The van der Waals surface area contributed by atoms with Crippen LogP contribution in [-0.2, 0) is 7.05 Å². The van der Waals surface area contributed by atoms with Crippen molar-refractivity contribution in [2.75, 3.05) is 7.11 Å². The summed E-state index contributed by atoms with van der Waals surface area (Å²) < 4.78 is 8.18. The Morgan fingerprint density at radius 1 is 1.31 bits per heavy atom. The third-order valence-electron chi connectivity index (χ3n) is 2.28. The van der Waals surface area contributed by atoms with Gasteiger partial charge in [0.1, 0.15) is 5.75 Å². The van der Waals surface area contributed by atoms with E-state index in [1.165, 1.54) is 0 Å². The van der Waals surface area contributed by atoms with Gasteiger partial charge in [-0.05, 0) is 19.1 Å². The topological polar surface area (TPSA) is 27.1 Å². The van der Waals surface area contributed by atoms with Gasteiger partial charge in [0.05, 0.1) is 23.7 Å². The molecular weight excluding hydrogens is 268 g/mol. The van der Waals surface area contributed by atoms with E-state index in [4.69, 9.17) is 4.74 Å². The summed E-state index contributed by atoms with van der Waals surface area (Å²) >= 11 is 3.45. The van der Waals surface area contributed by atoms with Crippen molar-refractivity contribution in [3.8, 4) is 5.75 Å². The molecule has 2 aromatic rings. The number of nitrogens with zero attached hydrogens (tertiary/aromatic N) is 2. The van der Waals surface area contributed by atoms with Gasteiger partial charge >= 0.3 is 0 Å². The van der Waals surface area contributed by atoms with Crippen LogP contribution in [0.15, 0.2) is 16.6 Å². The first-order valence-corrected chi connectivity index (χ1v) is 6.09. The van der Waals surface area contributed by atoms with Gasteiger partial charge < -0.3 is 4.74 Å². The molecule has 0 aliphatic carbocycles. The SMILES string of the molecule is CC.COc1cc(Br)cc2c1c(C)nn2C. The molecule has 1 aromatic heterocycles.